The molecule has 1 fully saturated rings. The number of ether oxygens (including phenoxy) is 2. The summed E-state index contributed by atoms with van der Waals surface area (Å²) >= 11 is 0. The summed E-state index contributed by atoms with van der Waals surface area (Å²) in [5, 5.41) is 16.5. The largest absolute Gasteiger partial charge is 0.493 e. The van der Waals surface area contributed by atoms with Crippen LogP contribution in [0.5, 0.6) is 11.5 Å². The van der Waals surface area contributed by atoms with E-state index in [1.165, 1.54) is 5.56 Å². The minimum atomic E-state index is -1.09. The minimum Gasteiger partial charge on any atom is -0.493 e. The Hall–Kier alpha value is -2.83. The van der Waals surface area contributed by atoms with Crippen molar-refractivity contribution < 1.29 is 14.6 Å². The van der Waals surface area contributed by atoms with Gasteiger partial charge in [0.2, 0.25) is 0 Å². The highest BCUT2D eigenvalue weighted by Crippen LogP contribution is 2.67. The van der Waals surface area contributed by atoms with Gasteiger partial charge in [-0.25, -0.2) is 0 Å². The van der Waals surface area contributed by atoms with Crippen molar-refractivity contribution in [3.05, 3.63) is 69.0 Å². The van der Waals surface area contributed by atoms with Crippen LogP contribution in [0.1, 0.15) is 34.9 Å². The number of H-pyrrole nitrogens is 1. The van der Waals surface area contributed by atoms with Crippen LogP contribution in [0.4, 0.5) is 0 Å². The van der Waals surface area contributed by atoms with Crippen LogP contribution in [-0.4, -0.2) is 35.4 Å². The highest BCUT2D eigenvalue weighted by Gasteiger charge is 2.71. The highest BCUT2D eigenvalue weighted by molar-refractivity contribution is 5.80. The van der Waals surface area contributed by atoms with Gasteiger partial charge in [-0.1, -0.05) is 18.2 Å². The van der Waals surface area contributed by atoms with Crippen molar-refractivity contribution in [3.63, 3.8) is 0 Å². The molecule has 2 aliphatic heterocycles. The summed E-state index contributed by atoms with van der Waals surface area (Å²) in [4.78, 5) is 17.0. The molecule has 1 spiro atoms. The number of nitrogens with one attached hydrogen (secondary N) is 2. The number of hydrogen-bond donors (Lipinski definition) is 3. The summed E-state index contributed by atoms with van der Waals surface area (Å²) in [5.41, 5.74) is 2.81. The smallest absolute Gasteiger partial charge is 0.193 e. The first-order valence-electron chi connectivity index (χ1n) is 10.5. The molecule has 30 heavy (non-hydrogen) atoms. The van der Waals surface area contributed by atoms with Crippen LogP contribution in [0.3, 0.4) is 0 Å². The first-order valence-corrected chi connectivity index (χ1v) is 10.5. The molecule has 2 aromatic carbocycles. The molecular weight excluding hydrogens is 380 g/mol. The van der Waals surface area contributed by atoms with E-state index in [9.17, 15) is 9.90 Å². The zero-order chi connectivity index (χ0) is 20.3. The maximum atomic E-state index is 13.5. The van der Waals surface area contributed by atoms with E-state index in [-0.39, 0.29) is 11.5 Å². The number of aromatic nitrogens is 1. The van der Waals surface area contributed by atoms with E-state index in [0.717, 1.165) is 35.5 Å². The van der Waals surface area contributed by atoms with Crippen molar-refractivity contribution in [1.29, 1.82) is 0 Å². The van der Waals surface area contributed by atoms with Gasteiger partial charge >= 0.3 is 0 Å². The molecule has 1 saturated heterocycles. The molecule has 6 nitrogen and oxygen atoms in total. The van der Waals surface area contributed by atoms with Crippen LogP contribution < -0.4 is 20.2 Å². The average molecular weight is 402 g/mol. The van der Waals surface area contributed by atoms with E-state index in [1.54, 1.807) is 7.11 Å². The summed E-state index contributed by atoms with van der Waals surface area (Å²) in [6, 6.07) is 11.5. The quantitative estimate of drug-likeness (QED) is 0.581. The van der Waals surface area contributed by atoms with Gasteiger partial charge in [-0.3, -0.25) is 4.79 Å². The molecule has 2 bridgehead atoms. The van der Waals surface area contributed by atoms with Crippen LogP contribution >= 0.6 is 0 Å². The van der Waals surface area contributed by atoms with Crippen molar-refractivity contribution in [2.75, 3.05) is 13.7 Å². The normalized spacial score (nSPS) is 32.3. The predicted molar refractivity (Wildman–Crippen MR) is 111 cm³/mol. The van der Waals surface area contributed by atoms with Crippen molar-refractivity contribution in [1.82, 2.24) is 10.3 Å². The molecule has 0 radical (unpaired) electrons. The fourth-order valence-corrected chi connectivity index (χ4v) is 6.74. The number of piperidine rings is 1. The predicted octanol–water partition coefficient (Wildman–Crippen LogP) is 2.11. The second-order valence-electron chi connectivity index (χ2n) is 9.05. The molecule has 2 unspecified atom stereocenters. The topological polar surface area (TPSA) is 83.6 Å². The Labute approximate surface area is 172 Å². The molecule has 3 N–H and O–H groups in total. The van der Waals surface area contributed by atoms with Gasteiger partial charge in [0, 0.05) is 34.5 Å². The maximum absolute atomic E-state index is 13.5. The third kappa shape index (κ3) is 1.66. The Morgan fingerprint density at radius 3 is 2.97 bits per heavy atom. The SMILES string of the molecule is COc1ccc2c3c1OC1c4[nH]c5ccccc5c(=O)c4CC4(O)[C@H](C2)NCC[C@]314. The standard InChI is InChI=1S/C24H22N2O4/c1-29-16-7-6-12-10-17-24(28)11-14-19(26-15-5-3-2-4-13(15)20(14)27)22-23(24,8-9-25-17)18(12)21(16)30-22/h2-7,17,22,25,28H,8-11H2,1H3,(H,26,27)/t17-,22?,23-,24?/m0/s1. The van der Waals surface area contributed by atoms with Gasteiger partial charge in [0.15, 0.2) is 23.0 Å². The first-order chi connectivity index (χ1) is 14.6. The number of pyridine rings is 1. The zero-order valence-corrected chi connectivity index (χ0v) is 16.6. The lowest BCUT2D eigenvalue weighted by Gasteiger charge is -2.60. The summed E-state index contributed by atoms with van der Waals surface area (Å²) < 4.78 is 12.2. The van der Waals surface area contributed by atoms with Gasteiger partial charge < -0.3 is 24.9 Å². The average Bonchev–Trinajstić information content (AvgIpc) is 3.09. The molecule has 3 aromatic rings. The lowest BCUT2D eigenvalue weighted by atomic mass is 9.49. The first kappa shape index (κ1) is 16.9. The Morgan fingerprint density at radius 2 is 2.10 bits per heavy atom. The molecular formula is C24H22N2O4. The summed E-state index contributed by atoms with van der Waals surface area (Å²) in [7, 11) is 1.64. The van der Waals surface area contributed by atoms with Gasteiger partial charge in [0.1, 0.15) is 0 Å². The summed E-state index contributed by atoms with van der Waals surface area (Å²) in [6.07, 6.45) is 1.32. The minimum absolute atomic E-state index is 0.0157. The number of para-hydroxylation sites is 1. The monoisotopic (exact) mass is 402 g/mol. The lowest BCUT2D eigenvalue weighted by Crippen LogP contribution is -2.74. The molecule has 4 aliphatic rings. The van der Waals surface area contributed by atoms with Crippen LogP contribution in [0.25, 0.3) is 10.9 Å². The summed E-state index contributed by atoms with van der Waals surface area (Å²) in [6.45, 7) is 0.802. The van der Waals surface area contributed by atoms with E-state index in [2.05, 4.69) is 16.4 Å². The van der Waals surface area contributed by atoms with Gasteiger partial charge in [0.25, 0.3) is 0 Å². The number of hydrogen-bond acceptors (Lipinski definition) is 5. The molecule has 0 saturated carbocycles. The fraction of sp³-hybridized carbons (Fsp3) is 0.375. The molecule has 7 rings (SSSR count). The number of benzene rings is 2. The lowest BCUT2D eigenvalue weighted by molar-refractivity contribution is -0.134. The second kappa shape index (κ2) is 5.25. The number of aliphatic hydroxyl groups is 1. The Balaban J connectivity index is 1.61. The van der Waals surface area contributed by atoms with Gasteiger partial charge in [0.05, 0.1) is 23.8 Å². The fourth-order valence-electron chi connectivity index (χ4n) is 6.74. The molecule has 4 atom stereocenters. The van der Waals surface area contributed by atoms with E-state index in [4.69, 9.17) is 9.47 Å². The molecule has 2 aliphatic carbocycles. The molecule has 152 valence electrons. The zero-order valence-electron chi connectivity index (χ0n) is 16.6. The van der Waals surface area contributed by atoms with E-state index < -0.39 is 17.1 Å². The number of fused-ring (bicyclic) bond motifs is 3. The molecule has 0 amide bonds. The number of rotatable bonds is 1. The molecule has 6 heteroatoms. The Morgan fingerprint density at radius 1 is 1.23 bits per heavy atom. The van der Waals surface area contributed by atoms with Crippen LogP contribution in [0.2, 0.25) is 0 Å². The number of methoxy groups -OCH3 is 1. The summed E-state index contributed by atoms with van der Waals surface area (Å²) in [5.74, 6) is 1.40. The Bertz CT molecular complexity index is 1310. The van der Waals surface area contributed by atoms with E-state index >= 15 is 0 Å². The van der Waals surface area contributed by atoms with Gasteiger partial charge in [-0.15, -0.1) is 0 Å². The Kier molecular flexibility index (Phi) is 2.96. The maximum Gasteiger partial charge on any atom is 0.193 e. The third-order valence-corrected chi connectivity index (χ3v) is 7.99. The molecule has 3 heterocycles. The van der Waals surface area contributed by atoms with Crippen molar-refractivity contribution >= 4 is 10.9 Å². The highest BCUT2D eigenvalue weighted by atomic mass is 16.5. The second-order valence-corrected chi connectivity index (χ2v) is 9.05. The van der Waals surface area contributed by atoms with Crippen LogP contribution in [-0.2, 0) is 18.3 Å². The van der Waals surface area contributed by atoms with Crippen LogP contribution in [0, 0.1) is 0 Å². The van der Waals surface area contributed by atoms with Crippen molar-refractivity contribution in [2.45, 2.75) is 42.4 Å². The van der Waals surface area contributed by atoms with Crippen LogP contribution in [0.15, 0.2) is 41.2 Å². The number of aromatic amines is 1. The van der Waals surface area contributed by atoms with Crippen molar-refractivity contribution in [3.8, 4) is 11.5 Å². The van der Waals surface area contributed by atoms with Crippen molar-refractivity contribution in [2.24, 2.45) is 0 Å². The van der Waals surface area contributed by atoms with Gasteiger partial charge in [-0.2, -0.15) is 0 Å². The van der Waals surface area contributed by atoms with Gasteiger partial charge in [-0.05, 0) is 43.1 Å². The van der Waals surface area contributed by atoms with E-state index in [1.807, 2.05) is 30.3 Å². The third-order valence-electron chi connectivity index (χ3n) is 7.99. The van der Waals surface area contributed by atoms with E-state index in [0.29, 0.717) is 29.5 Å². The molecule has 1 aromatic heterocycles.